The standard InChI is InChI=1S/C22H19NO4/c1-15(20-13-16-7-5-6-10-19(16)27-20)23-22(24)21-17(11-12-25-21)14-26-18-8-3-2-4-9-18/h2-13,15H,14H2,1H3,(H,23,24). The SMILES string of the molecule is CC(NC(=O)c1occc1COc1ccccc1)c1cc2ccccc2o1. The minimum atomic E-state index is -0.306. The van der Waals surface area contributed by atoms with E-state index in [-0.39, 0.29) is 24.3 Å². The maximum absolute atomic E-state index is 12.6. The molecule has 1 amide bonds. The third-order valence-electron chi connectivity index (χ3n) is 4.31. The molecule has 0 bridgehead atoms. The van der Waals surface area contributed by atoms with E-state index in [2.05, 4.69) is 5.32 Å². The molecule has 2 aromatic heterocycles. The van der Waals surface area contributed by atoms with Crippen molar-refractivity contribution in [1.82, 2.24) is 5.32 Å². The van der Waals surface area contributed by atoms with E-state index in [0.717, 1.165) is 16.7 Å². The quantitative estimate of drug-likeness (QED) is 0.519. The van der Waals surface area contributed by atoms with Crippen LogP contribution in [0.15, 0.2) is 81.8 Å². The van der Waals surface area contributed by atoms with E-state index in [0.29, 0.717) is 11.3 Å². The molecule has 1 unspecified atom stereocenters. The Morgan fingerprint density at radius 2 is 1.85 bits per heavy atom. The molecule has 0 aliphatic rings. The highest BCUT2D eigenvalue weighted by atomic mass is 16.5. The number of hydrogen-bond donors (Lipinski definition) is 1. The van der Waals surface area contributed by atoms with Gasteiger partial charge in [0.25, 0.3) is 5.91 Å². The van der Waals surface area contributed by atoms with Gasteiger partial charge in [0.15, 0.2) is 5.76 Å². The van der Waals surface area contributed by atoms with Crippen LogP contribution in [-0.2, 0) is 6.61 Å². The fourth-order valence-corrected chi connectivity index (χ4v) is 2.88. The number of benzene rings is 2. The van der Waals surface area contributed by atoms with Crippen LogP contribution in [-0.4, -0.2) is 5.91 Å². The van der Waals surface area contributed by atoms with Crippen LogP contribution in [0, 0.1) is 0 Å². The summed E-state index contributed by atoms with van der Waals surface area (Å²) >= 11 is 0. The van der Waals surface area contributed by atoms with Gasteiger partial charge in [0, 0.05) is 10.9 Å². The second kappa shape index (κ2) is 7.41. The summed E-state index contributed by atoms with van der Waals surface area (Å²) < 4.78 is 16.9. The number of rotatable bonds is 6. The first kappa shape index (κ1) is 17.0. The van der Waals surface area contributed by atoms with Gasteiger partial charge in [-0.25, -0.2) is 0 Å². The lowest BCUT2D eigenvalue weighted by molar-refractivity contribution is 0.0904. The van der Waals surface area contributed by atoms with E-state index in [1.807, 2.05) is 67.6 Å². The van der Waals surface area contributed by atoms with Gasteiger partial charge in [-0.1, -0.05) is 36.4 Å². The van der Waals surface area contributed by atoms with Gasteiger partial charge in [0.2, 0.25) is 0 Å². The van der Waals surface area contributed by atoms with Crippen molar-refractivity contribution in [3.63, 3.8) is 0 Å². The second-order valence-electron chi connectivity index (χ2n) is 6.26. The molecule has 0 spiro atoms. The van der Waals surface area contributed by atoms with Crippen molar-refractivity contribution in [2.75, 3.05) is 0 Å². The average Bonchev–Trinajstić information content (AvgIpc) is 3.34. The smallest absolute Gasteiger partial charge is 0.287 e. The van der Waals surface area contributed by atoms with Crippen LogP contribution in [0.1, 0.15) is 34.8 Å². The lowest BCUT2D eigenvalue weighted by Crippen LogP contribution is -2.27. The summed E-state index contributed by atoms with van der Waals surface area (Å²) in [7, 11) is 0. The molecule has 1 N–H and O–H groups in total. The van der Waals surface area contributed by atoms with E-state index in [1.54, 1.807) is 6.07 Å². The molecule has 0 aliphatic carbocycles. The summed E-state index contributed by atoms with van der Waals surface area (Å²) in [5.74, 6) is 1.37. The topological polar surface area (TPSA) is 64.6 Å². The molecule has 0 radical (unpaired) electrons. The number of nitrogens with one attached hydrogen (secondary N) is 1. The Labute approximate surface area is 156 Å². The molecule has 1 atom stereocenters. The molecule has 5 nitrogen and oxygen atoms in total. The van der Waals surface area contributed by atoms with Crippen LogP contribution in [0.25, 0.3) is 11.0 Å². The van der Waals surface area contributed by atoms with Gasteiger partial charge in [-0.3, -0.25) is 4.79 Å². The molecule has 27 heavy (non-hydrogen) atoms. The average molecular weight is 361 g/mol. The van der Waals surface area contributed by atoms with Gasteiger partial charge in [-0.2, -0.15) is 0 Å². The molecular formula is C22H19NO4. The molecule has 0 aliphatic heterocycles. The van der Waals surface area contributed by atoms with Crippen LogP contribution in [0.3, 0.4) is 0 Å². The van der Waals surface area contributed by atoms with E-state index in [9.17, 15) is 4.79 Å². The van der Waals surface area contributed by atoms with Crippen LogP contribution in [0.4, 0.5) is 0 Å². The van der Waals surface area contributed by atoms with Crippen molar-refractivity contribution in [3.8, 4) is 5.75 Å². The molecule has 2 heterocycles. The molecule has 0 saturated heterocycles. The van der Waals surface area contributed by atoms with Crippen molar-refractivity contribution < 1.29 is 18.4 Å². The van der Waals surface area contributed by atoms with Crippen LogP contribution in [0.2, 0.25) is 0 Å². The number of carbonyl (C=O) groups excluding carboxylic acids is 1. The zero-order valence-electron chi connectivity index (χ0n) is 14.8. The lowest BCUT2D eigenvalue weighted by Gasteiger charge is -2.11. The van der Waals surface area contributed by atoms with Crippen molar-refractivity contribution >= 4 is 16.9 Å². The largest absolute Gasteiger partial charge is 0.489 e. The number of amides is 1. The van der Waals surface area contributed by atoms with Crippen molar-refractivity contribution in [2.24, 2.45) is 0 Å². The van der Waals surface area contributed by atoms with Gasteiger partial charge < -0.3 is 18.9 Å². The zero-order valence-corrected chi connectivity index (χ0v) is 14.8. The number of carbonyl (C=O) groups is 1. The predicted octanol–water partition coefficient (Wildman–Crippen LogP) is 5.10. The Balaban J connectivity index is 1.44. The van der Waals surface area contributed by atoms with Gasteiger partial charge in [0.05, 0.1) is 12.3 Å². The zero-order chi connectivity index (χ0) is 18.6. The Bertz CT molecular complexity index is 1020. The molecule has 2 aromatic carbocycles. The number of ether oxygens (including phenoxy) is 1. The normalized spacial score (nSPS) is 12.0. The molecule has 136 valence electrons. The van der Waals surface area contributed by atoms with Gasteiger partial charge in [-0.05, 0) is 37.3 Å². The van der Waals surface area contributed by atoms with E-state index in [4.69, 9.17) is 13.6 Å². The van der Waals surface area contributed by atoms with Gasteiger partial charge in [0.1, 0.15) is 23.7 Å². The maximum Gasteiger partial charge on any atom is 0.287 e. The summed E-state index contributed by atoms with van der Waals surface area (Å²) in [5, 5.41) is 3.92. The highest BCUT2D eigenvalue weighted by Gasteiger charge is 2.20. The van der Waals surface area contributed by atoms with E-state index < -0.39 is 0 Å². The Hall–Kier alpha value is -3.47. The van der Waals surface area contributed by atoms with Crippen LogP contribution >= 0.6 is 0 Å². The molecule has 5 heteroatoms. The fourth-order valence-electron chi connectivity index (χ4n) is 2.88. The minimum absolute atomic E-state index is 0.244. The summed E-state index contributed by atoms with van der Waals surface area (Å²) in [5.41, 5.74) is 1.48. The lowest BCUT2D eigenvalue weighted by atomic mass is 10.2. The fraction of sp³-hybridized carbons (Fsp3) is 0.136. The Kier molecular flexibility index (Phi) is 4.66. The summed E-state index contributed by atoms with van der Waals surface area (Å²) in [6, 6.07) is 20.6. The second-order valence-corrected chi connectivity index (χ2v) is 6.26. The third-order valence-corrected chi connectivity index (χ3v) is 4.31. The Morgan fingerprint density at radius 1 is 1.07 bits per heavy atom. The third kappa shape index (κ3) is 3.72. The van der Waals surface area contributed by atoms with Crippen molar-refractivity contribution in [2.45, 2.75) is 19.6 Å². The maximum atomic E-state index is 12.6. The molecule has 0 fully saturated rings. The first-order valence-electron chi connectivity index (χ1n) is 8.74. The first-order chi connectivity index (χ1) is 13.2. The summed E-state index contributed by atoms with van der Waals surface area (Å²) in [6.07, 6.45) is 1.49. The number of hydrogen-bond acceptors (Lipinski definition) is 4. The van der Waals surface area contributed by atoms with E-state index >= 15 is 0 Å². The number of furan rings is 2. The highest BCUT2D eigenvalue weighted by Crippen LogP contribution is 2.24. The number of fused-ring (bicyclic) bond motifs is 1. The Morgan fingerprint density at radius 3 is 2.67 bits per heavy atom. The monoisotopic (exact) mass is 361 g/mol. The van der Waals surface area contributed by atoms with Crippen LogP contribution < -0.4 is 10.1 Å². The van der Waals surface area contributed by atoms with Gasteiger partial charge >= 0.3 is 0 Å². The molecule has 4 aromatic rings. The van der Waals surface area contributed by atoms with Gasteiger partial charge in [-0.15, -0.1) is 0 Å². The molecule has 4 rings (SSSR count). The minimum Gasteiger partial charge on any atom is -0.489 e. The van der Waals surface area contributed by atoms with E-state index in [1.165, 1.54) is 6.26 Å². The first-order valence-corrected chi connectivity index (χ1v) is 8.74. The highest BCUT2D eigenvalue weighted by molar-refractivity contribution is 5.93. The summed E-state index contributed by atoms with van der Waals surface area (Å²) in [4.78, 5) is 12.6. The molecule has 0 saturated carbocycles. The predicted molar refractivity (Wildman–Crippen MR) is 102 cm³/mol. The van der Waals surface area contributed by atoms with Crippen molar-refractivity contribution in [3.05, 3.63) is 90.1 Å². The number of para-hydroxylation sites is 2. The molecular weight excluding hydrogens is 342 g/mol. The van der Waals surface area contributed by atoms with Crippen molar-refractivity contribution in [1.29, 1.82) is 0 Å². The summed E-state index contributed by atoms with van der Waals surface area (Å²) in [6.45, 7) is 2.13. The van der Waals surface area contributed by atoms with Crippen LogP contribution in [0.5, 0.6) is 5.75 Å².